The largest absolute Gasteiger partial charge is 0.466 e. The molecule has 4 heteroatoms. The summed E-state index contributed by atoms with van der Waals surface area (Å²) in [4.78, 5) is 11.7. The van der Waals surface area contributed by atoms with Gasteiger partial charge in [-0.05, 0) is 24.7 Å². The number of carbonyl (C=O) groups excluding carboxylic acids is 1. The minimum atomic E-state index is -0.0555. The molecule has 0 spiro atoms. The molecule has 2 unspecified atom stereocenters. The van der Waals surface area contributed by atoms with Crippen LogP contribution in [0.4, 0.5) is 0 Å². The van der Waals surface area contributed by atoms with Gasteiger partial charge in [0, 0.05) is 32.7 Å². The molecule has 0 bridgehead atoms. The first-order chi connectivity index (χ1) is 13.1. The molecule has 1 aliphatic heterocycles. The summed E-state index contributed by atoms with van der Waals surface area (Å²) in [6.07, 6.45) is 14.1. The fraction of sp³-hybridized carbons (Fsp3) is 0.957. The van der Waals surface area contributed by atoms with Crippen molar-refractivity contribution in [3.05, 3.63) is 0 Å². The first-order valence-corrected chi connectivity index (χ1v) is 11.5. The number of ether oxygens (including phenoxy) is 3. The minimum Gasteiger partial charge on any atom is -0.466 e. The van der Waals surface area contributed by atoms with Gasteiger partial charge in [-0.15, -0.1) is 0 Å². The first kappa shape index (κ1) is 24.4. The van der Waals surface area contributed by atoms with Gasteiger partial charge in [0.15, 0.2) is 0 Å². The summed E-state index contributed by atoms with van der Waals surface area (Å²) in [5.74, 6) is 1.22. The van der Waals surface area contributed by atoms with Gasteiger partial charge in [0.25, 0.3) is 0 Å². The van der Waals surface area contributed by atoms with Crippen molar-refractivity contribution in [2.45, 2.75) is 104 Å². The van der Waals surface area contributed by atoms with Crippen LogP contribution in [0.2, 0.25) is 0 Å². The number of esters is 1. The minimum absolute atomic E-state index is 0.0555. The third kappa shape index (κ3) is 12.5. The molecule has 1 heterocycles. The Balaban J connectivity index is 1.79. The molecule has 0 aromatic carbocycles. The lowest BCUT2D eigenvalue weighted by Gasteiger charge is -2.16. The lowest BCUT2D eigenvalue weighted by Crippen LogP contribution is -2.18. The molecule has 4 nitrogen and oxygen atoms in total. The van der Waals surface area contributed by atoms with Crippen LogP contribution in [0, 0.1) is 11.8 Å². The Morgan fingerprint density at radius 1 is 0.889 bits per heavy atom. The summed E-state index contributed by atoms with van der Waals surface area (Å²) < 4.78 is 16.7. The van der Waals surface area contributed by atoms with E-state index < -0.39 is 0 Å². The number of rotatable bonds is 17. The Morgan fingerprint density at radius 2 is 1.56 bits per heavy atom. The lowest BCUT2D eigenvalue weighted by atomic mass is 9.93. The molecule has 1 aliphatic rings. The highest BCUT2D eigenvalue weighted by Crippen LogP contribution is 2.28. The van der Waals surface area contributed by atoms with E-state index in [4.69, 9.17) is 14.2 Å². The van der Waals surface area contributed by atoms with Crippen LogP contribution in [0.15, 0.2) is 0 Å². The van der Waals surface area contributed by atoms with Gasteiger partial charge in [-0.1, -0.05) is 72.1 Å². The summed E-state index contributed by atoms with van der Waals surface area (Å²) >= 11 is 0. The van der Waals surface area contributed by atoms with Gasteiger partial charge < -0.3 is 14.2 Å². The second-order valence-electron chi connectivity index (χ2n) is 8.26. The Hall–Kier alpha value is -0.610. The third-order valence-corrected chi connectivity index (χ3v) is 5.78. The van der Waals surface area contributed by atoms with E-state index in [2.05, 4.69) is 20.8 Å². The maximum absolute atomic E-state index is 11.7. The van der Waals surface area contributed by atoms with Crippen LogP contribution < -0.4 is 0 Å². The average molecular weight is 385 g/mol. The van der Waals surface area contributed by atoms with Crippen LogP contribution in [-0.2, 0) is 19.0 Å². The summed E-state index contributed by atoms with van der Waals surface area (Å²) in [6.45, 7) is 9.49. The van der Waals surface area contributed by atoms with Crippen molar-refractivity contribution in [2.75, 3.05) is 26.4 Å². The Morgan fingerprint density at radius 3 is 2.19 bits per heavy atom. The van der Waals surface area contributed by atoms with Crippen LogP contribution in [-0.4, -0.2) is 38.5 Å². The summed E-state index contributed by atoms with van der Waals surface area (Å²) in [5, 5.41) is 0. The predicted octanol–water partition coefficient (Wildman–Crippen LogP) is 5.92. The average Bonchev–Trinajstić information content (AvgIpc) is 2.98. The topological polar surface area (TPSA) is 44.8 Å². The molecule has 160 valence electrons. The zero-order valence-corrected chi connectivity index (χ0v) is 18.2. The van der Waals surface area contributed by atoms with Gasteiger partial charge in [0.05, 0.1) is 12.7 Å². The van der Waals surface area contributed by atoms with Crippen molar-refractivity contribution in [3.63, 3.8) is 0 Å². The van der Waals surface area contributed by atoms with E-state index in [1.807, 2.05) is 0 Å². The molecule has 3 atom stereocenters. The maximum Gasteiger partial charge on any atom is 0.305 e. The zero-order chi connectivity index (χ0) is 19.7. The lowest BCUT2D eigenvalue weighted by molar-refractivity contribution is -0.144. The van der Waals surface area contributed by atoms with E-state index in [1.54, 1.807) is 0 Å². The molecule has 1 saturated heterocycles. The Labute approximate surface area is 167 Å². The molecule has 27 heavy (non-hydrogen) atoms. The van der Waals surface area contributed by atoms with Gasteiger partial charge >= 0.3 is 5.97 Å². The van der Waals surface area contributed by atoms with E-state index in [9.17, 15) is 4.79 Å². The van der Waals surface area contributed by atoms with Crippen molar-refractivity contribution in [3.8, 4) is 0 Å². The molecule has 0 radical (unpaired) electrons. The van der Waals surface area contributed by atoms with Crippen molar-refractivity contribution >= 4 is 5.97 Å². The van der Waals surface area contributed by atoms with Crippen LogP contribution >= 0.6 is 0 Å². The van der Waals surface area contributed by atoms with Gasteiger partial charge in [-0.25, -0.2) is 0 Å². The molecule has 0 aliphatic carbocycles. The van der Waals surface area contributed by atoms with Crippen LogP contribution in [0.25, 0.3) is 0 Å². The van der Waals surface area contributed by atoms with Gasteiger partial charge in [-0.2, -0.15) is 0 Å². The predicted molar refractivity (Wildman–Crippen MR) is 111 cm³/mol. The van der Waals surface area contributed by atoms with Crippen molar-refractivity contribution < 1.29 is 19.0 Å². The Bertz CT molecular complexity index is 358. The molecule has 0 aromatic rings. The van der Waals surface area contributed by atoms with E-state index in [1.165, 1.54) is 44.9 Å². The second kappa shape index (κ2) is 16.4. The molecule has 0 N–H and O–H groups in total. The number of carbonyl (C=O) groups is 1. The molecule has 0 amide bonds. The molecule has 1 rings (SSSR count). The quantitative estimate of drug-likeness (QED) is 0.231. The highest BCUT2D eigenvalue weighted by Gasteiger charge is 2.30. The first-order valence-electron chi connectivity index (χ1n) is 11.5. The highest BCUT2D eigenvalue weighted by molar-refractivity contribution is 5.69. The number of hydrogen-bond acceptors (Lipinski definition) is 4. The van der Waals surface area contributed by atoms with E-state index in [-0.39, 0.29) is 5.97 Å². The van der Waals surface area contributed by atoms with E-state index in [0.717, 1.165) is 38.9 Å². The fourth-order valence-electron chi connectivity index (χ4n) is 3.59. The molecular formula is C23H44O4. The fourth-order valence-corrected chi connectivity index (χ4v) is 3.59. The van der Waals surface area contributed by atoms with E-state index in [0.29, 0.717) is 37.6 Å². The second-order valence-corrected chi connectivity index (χ2v) is 8.26. The Kier molecular flexibility index (Phi) is 14.8. The molecule has 0 aromatic heterocycles. The molecule has 0 saturated carbocycles. The van der Waals surface area contributed by atoms with Crippen LogP contribution in [0.5, 0.6) is 0 Å². The smallest absolute Gasteiger partial charge is 0.305 e. The van der Waals surface area contributed by atoms with Gasteiger partial charge in [0.1, 0.15) is 0 Å². The van der Waals surface area contributed by atoms with Crippen molar-refractivity contribution in [1.29, 1.82) is 0 Å². The highest BCUT2D eigenvalue weighted by atomic mass is 16.5. The third-order valence-electron chi connectivity index (χ3n) is 5.78. The molecular weight excluding hydrogens is 340 g/mol. The molecule has 1 fully saturated rings. The summed E-state index contributed by atoms with van der Waals surface area (Å²) in [7, 11) is 0. The van der Waals surface area contributed by atoms with Gasteiger partial charge in [0.2, 0.25) is 0 Å². The van der Waals surface area contributed by atoms with Crippen LogP contribution in [0.1, 0.15) is 97.8 Å². The number of unbranched alkanes of at least 4 members (excludes halogenated alkanes) is 8. The maximum atomic E-state index is 11.7. The van der Waals surface area contributed by atoms with Crippen molar-refractivity contribution in [2.24, 2.45) is 11.8 Å². The summed E-state index contributed by atoms with van der Waals surface area (Å²) in [6, 6.07) is 0. The SMILES string of the molecule is CCCCCCCCCCCC(=O)OCCCOCCC1OCC(C)[C@@H]1C. The van der Waals surface area contributed by atoms with Crippen LogP contribution in [0.3, 0.4) is 0 Å². The summed E-state index contributed by atoms with van der Waals surface area (Å²) in [5.41, 5.74) is 0. The monoisotopic (exact) mass is 384 g/mol. The standard InChI is InChI=1S/C23H44O4/c1-4-5-6-7-8-9-10-11-12-14-23(24)26-17-13-16-25-18-15-22-21(3)20(2)19-27-22/h20-22H,4-19H2,1-3H3/t20?,21-,22?/m0/s1. The van der Waals surface area contributed by atoms with Gasteiger partial charge in [-0.3, -0.25) is 4.79 Å². The number of hydrogen-bond donors (Lipinski definition) is 0. The normalized spacial score (nSPS) is 22.3. The zero-order valence-electron chi connectivity index (χ0n) is 18.2. The van der Waals surface area contributed by atoms with Crippen molar-refractivity contribution in [1.82, 2.24) is 0 Å². The van der Waals surface area contributed by atoms with E-state index >= 15 is 0 Å².